The van der Waals surface area contributed by atoms with Crippen molar-refractivity contribution in [2.45, 2.75) is 52.7 Å². The maximum absolute atomic E-state index is 14.4. The van der Waals surface area contributed by atoms with E-state index in [-0.39, 0.29) is 36.5 Å². The lowest BCUT2D eigenvalue weighted by Gasteiger charge is -2.35. The first-order valence-electron chi connectivity index (χ1n) is 20.5. The highest BCUT2D eigenvalue weighted by atomic mass is 16.2. The number of hydrogen-bond donors (Lipinski definition) is 3. The van der Waals surface area contributed by atoms with Gasteiger partial charge in [0.2, 0.25) is 11.9 Å². The van der Waals surface area contributed by atoms with Crippen LogP contribution in [0.5, 0.6) is 0 Å². The van der Waals surface area contributed by atoms with Crippen LogP contribution in [0, 0.1) is 13.8 Å². The second kappa shape index (κ2) is 17.9. The monoisotopic (exact) mass is 826 g/mol. The summed E-state index contributed by atoms with van der Waals surface area (Å²) in [7, 11) is 1.66. The fraction of sp³-hybridized carbons (Fsp3) is 0.208. The highest BCUT2D eigenvalue weighted by molar-refractivity contribution is 6.21. The van der Waals surface area contributed by atoms with Gasteiger partial charge < -0.3 is 20.9 Å². The number of nitrogens with zero attached hydrogens (tertiary/aromatic N) is 7. The van der Waals surface area contributed by atoms with Crippen molar-refractivity contribution in [2.75, 3.05) is 38.9 Å². The van der Waals surface area contributed by atoms with Gasteiger partial charge in [-0.25, -0.2) is 9.78 Å². The maximum Gasteiger partial charge on any atom is 0.330 e. The first-order chi connectivity index (χ1) is 30.1. The Morgan fingerprint density at radius 2 is 1.58 bits per heavy atom. The molecule has 4 heterocycles. The van der Waals surface area contributed by atoms with Gasteiger partial charge in [0.1, 0.15) is 18.4 Å². The molecule has 0 spiro atoms. The van der Waals surface area contributed by atoms with Crippen LogP contribution >= 0.6 is 0 Å². The molecule has 3 N–H and O–H groups in total. The van der Waals surface area contributed by atoms with Gasteiger partial charge in [0.05, 0.1) is 35.5 Å². The molecular weight excluding hydrogens is 781 g/mol. The van der Waals surface area contributed by atoms with Crippen LogP contribution in [0.2, 0.25) is 0 Å². The predicted molar refractivity (Wildman–Crippen MR) is 241 cm³/mol. The smallest absolute Gasteiger partial charge is 0.330 e. The van der Waals surface area contributed by atoms with Crippen molar-refractivity contribution in [2.24, 2.45) is 4.99 Å². The number of benzene rings is 4. The van der Waals surface area contributed by atoms with Crippen LogP contribution in [-0.2, 0) is 22.7 Å². The minimum Gasteiger partial charge on any atom is -0.350 e. The molecule has 2 aromatic heterocycles. The molecule has 0 unspecified atom stereocenters. The molecule has 2 aliphatic heterocycles. The molecule has 14 heteroatoms. The Morgan fingerprint density at radius 1 is 0.823 bits per heavy atom. The van der Waals surface area contributed by atoms with Gasteiger partial charge in [0, 0.05) is 53.4 Å². The molecule has 0 fully saturated rings. The number of carbonyl (C=O) groups excluding carboxylic acids is 4. The Morgan fingerprint density at radius 3 is 2.32 bits per heavy atom. The third-order valence-electron chi connectivity index (χ3n) is 10.8. The molecule has 0 bridgehead atoms. The van der Waals surface area contributed by atoms with E-state index in [0.717, 1.165) is 33.6 Å². The number of aromatic nitrogens is 3. The highest BCUT2D eigenvalue weighted by Crippen LogP contribution is 2.35. The zero-order valence-electron chi connectivity index (χ0n) is 34.9. The van der Waals surface area contributed by atoms with Crippen molar-refractivity contribution in [3.8, 4) is 0 Å². The second-order valence-electron chi connectivity index (χ2n) is 15.3. The van der Waals surface area contributed by atoms with Gasteiger partial charge in [-0.05, 0) is 73.9 Å². The molecule has 4 aromatic carbocycles. The largest absolute Gasteiger partial charge is 0.350 e. The molecule has 14 nitrogen and oxygen atoms in total. The van der Waals surface area contributed by atoms with Crippen molar-refractivity contribution in [3.63, 3.8) is 0 Å². The zero-order chi connectivity index (χ0) is 43.3. The van der Waals surface area contributed by atoms with Crippen LogP contribution in [0.15, 0.2) is 127 Å². The van der Waals surface area contributed by atoms with Crippen molar-refractivity contribution >= 4 is 64.0 Å². The lowest BCUT2D eigenvalue weighted by atomic mass is 9.98. The summed E-state index contributed by atoms with van der Waals surface area (Å²) in [6.07, 6.45) is 4.57. The van der Waals surface area contributed by atoms with Crippen LogP contribution in [0.4, 0.5) is 39.3 Å². The van der Waals surface area contributed by atoms with Gasteiger partial charge in [-0.1, -0.05) is 80.1 Å². The fourth-order valence-corrected chi connectivity index (χ4v) is 7.53. The Hall–Kier alpha value is -7.74. The van der Waals surface area contributed by atoms with Gasteiger partial charge in [-0.3, -0.25) is 34.2 Å². The van der Waals surface area contributed by atoms with Crippen molar-refractivity contribution in [1.82, 2.24) is 20.3 Å². The molecule has 6 aromatic rings. The van der Waals surface area contributed by atoms with E-state index < -0.39 is 11.9 Å². The summed E-state index contributed by atoms with van der Waals surface area (Å²) in [5.41, 5.74) is 7.86. The molecule has 8 rings (SSSR count). The Kier molecular flexibility index (Phi) is 11.8. The number of carbonyl (C=O) groups is 4. The number of benzodiazepines with no additional fused rings is 1. The number of nitrogens with one attached hydrogen (secondary N) is 3. The number of aryl methyl sites for hydroxylation is 2. The second-order valence-corrected chi connectivity index (χ2v) is 15.3. The summed E-state index contributed by atoms with van der Waals surface area (Å²) in [6.45, 7) is 6.03. The number of anilines is 6. The van der Waals surface area contributed by atoms with Crippen molar-refractivity contribution < 1.29 is 19.2 Å². The van der Waals surface area contributed by atoms with Crippen LogP contribution in [0.1, 0.15) is 63.6 Å². The number of fused-ring (bicyclic) bond motifs is 2. The lowest BCUT2D eigenvalue weighted by Crippen LogP contribution is -2.46. The van der Waals surface area contributed by atoms with Gasteiger partial charge in [-0.2, -0.15) is 4.98 Å². The van der Waals surface area contributed by atoms with Gasteiger partial charge in [0.25, 0.3) is 11.8 Å². The highest BCUT2D eigenvalue weighted by Gasteiger charge is 2.34. The summed E-state index contributed by atoms with van der Waals surface area (Å²) >= 11 is 0. The third kappa shape index (κ3) is 8.75. The number of pyridine rings is 1. The predicted octanol–water partition coefficient (Wildman–Crippen LogP) is 7.73. The van der Waals surface area contributed by atoms with E-state index in [1.54, 1.807) is 54.7 Å². The molecule has 0 aliphatic carbocycles. The zero-order valence-corrected chi connectivity index (χ0v) is 34.9. The quantitative estimate of drug-likeness (QED) is 0.113. The third-order valence-corrected chi connectivity index (χ3v) is 10.8. The van der Waals surface area contributed by atoms with Crippen molar-refractivity contribution in [1.29, 1.82) is 0 Å². The van der Waals surface area contributed by atoms with E-state index in [0.29, 0.717) is 59.5 Å². The molecule has 1 atom stereocenters. The summed E-state index contributed by atoms with van der Waals surface area (Å²) in [6, 6.07) is 32.4. The summed E-state index contributed by atoms with van der Waals surface area (Å²) in [5, 5.41) is 9.10. The lowest BCUT2D eigenvalue weighted by molar-refractivity contribution is -0.124. The minimum absolute atomic E-state index is 0.209. The molecule has 0 radical (unpaired) electrons. The van der Waals surface area contributed by atoms with E-state index in [2.05, 4.69) is 30.9 Å². The summed E-state index contributed by atoms with van der Waals surface area (Å²) in [5.74, 6) is -0.298. The van der Waals surface area contributed by atoms with Crippen LogP contribution < -0.4 is 30.7 Å². The topological polar surface area (TPSA) is 165 Å². The van der Waals surface area contributed by atoms with E-state index in [4.69, 9.17) is 4.99 Å². The Balaban J connectivity index is 1.07. The number of hydrogen-bond acceptors (Lipinski definition) is 9. The van der Waals surface area contributed by atoms with Gasteiger partial charge >= 0.3 is 6.03 Å². The van der Waals surface area contributed by atoms with E-state index in [1.165, 1.54) is 9.80 Å². The first-order valence-corrected chi connectivity index (χ1v) is 20.5. The van der Waals surface area contributed by atoms with Crippen LogP contribution in [0.3, 0.4) is 0 Å². The Labute approximate surface area is 359 Å². The van der Waals surface area contributed by atoms with Gasteiger partial charge in [0.15, 0.2) is 0 Å². The molecule has 2 aliphatic rings. The maximum atomic E-state index is 14.4. The molecular formula is C48H46N10O4. The normalized spacial score (nSPS) is 14.7. The molecule has 5 amide bonds. The number of rotatable bonds is 12. The average molecular weight is 827 g/mol. The first kappa shape index (κ1) is 41.0. The van der Waals surface area contributed by atoms with E-state index >= 15 is 0 Å². The van der Waals surface area contributed by atoms with Crippen LogP contribution in [0.25, 0.3) is 0 Å². The molecule has 0 saturated heterocycles. The van der Waals surface area contributed by atoms with Gasteiger partial charge in [-0.15, -0.1) is 0 Å². The number of urea groups is 1. The minimum atomic E-state index is -0.738. The van der Waals surface area contributed by atoms with Crippen LogP contribution in [-0.4, -0.2) is 64.1 Å². The number of amides is 5. The van der Waals surface area contributed by atoms with E-state index in [9.17, 15) is 19.2 Å². The Bertz CT molecular complexity index is 2690. The summed E-state index contributed by atoms with van der Waals surface area (Å²) < 4.78 is 0. The summed E-state index contributed by atoms with van der Waals surface area (Å²) in [4.78, 5) is 79.0. The standard InChI is InChI=1S/C48H46N10O4/c1-5-12-39-46(61)57(29-42(59)50-25-32-13-8-6-9-14-32)41-23-34(19-22-38(41)43(54-39)33-15-10-7-11-16-33)45(60)52-36-20-17-30(2)40(24-36)58-28-35-26-51-47(55-44(35)56(4)48(58)62)53-37-21-18-31(3)49-27-37/h6-11,13-24,26-27,39H,5,12,25,28-29H2,1-4H3,(H,50,59)(H,52,60)(H,51,53,55)/t39-/m0/s1. The van der Waals surface area contributed by atoms with E-state index in [1.807, 2.05) is 99.6 Å². The number of aliphatic imine (C=N–C) groups is 1. The SMILES string of the molecule is CCC[C@@H]1N=C(c2ccccc2)c2ccc(C(=O)Nc3ccc(C)c(N4Cc5cnc(Nc6ccc(C)nc6)nc5N(C)C4=O)c3)cc2N(CC(=O)NCc2ccccc2)C1=O. The fourth-order valence-electron chi connectivity index (χ4n) is 7.53. The molecule has 312 valence electrons. The molecule has 62 heavy (non-hydrogen) atoms. The molecule has 0 saturated carbocycles. The van der Waals surface area contributed by atoms with Crippen molar-refractivity contribution in [3.05, 3.63) is 161 Å². The average Bonchev–Trinajstić information content (AvgIpc) is 3.40.